The van der Waals surface area contributed by atoms with Crippen LogP contribution >= 0.6 is 15.9 Å². The minimum absolute atomic E-state index is 0.0629. The summed E-state index contributed by atoms with van der Waals surface area (Å²) in [6.07, 6.45) is -3.52. The Morgan fingerprint density at radius 1 is 1.38 bits per heavy atom. The maximum atomic E-state index is 12.5. The van der Waals surface area contributed by atoms with E-state index in [0.717, 1.165) is 10.0 Å². The van der Waals surface area contributed by atoms with Crippen LogP contribution in [0.5, 0.6) is 11.5 Å². The Hall–Kier alpha value is -1.68. The third-order valence-electron chi connectivity index (χ3n) is 4.19. The van der Waals surface area contributed by atoms with Gasteiger partial charge in [-0.25, -0.2) is 0 Å². The van der Waals surface area contributed by atoms with Crippen LogP contribution in [0.25, 0.3) is 0 Å². The average molecular weight is 437 g/mol. The first-order valence-electron chi connectivity index (χ1n) is 8.18. The summed E-state index contributed by atoms with van der Waals surface area (Å²) in [5.74, 6) is 1.92. The summed E-state index contributed by atoms with van der Waals surface area (Å²) in [7, 11) is 1.63. The van der Waals surface area contributed by atoms with E-state index < -0.39 is 12.7 Å². The van der Waals surface area contributed by atoms with Crippen molar-refractivity contribution in [1.29, 1.82) is 0 Å². The minimum atomic E-state index is -4.17. The van der Waals surface area contributed by atoms with Gasteiger partial charge in [-0.1, -0.05) is 0 Å². The van der Waals surface area contributed by atoms with E-state index in [2.05, 4.69) is 31.6 Å². The molecule has 0 spiro atoms. The van der Waals surface area contributed by atoms with Crippen LogP contribution in [0.15, 0.2) is 21.6 Å². The molecule has 0 aromatic heterocycles. The molecule has 0 bridgehead atoms. The molecule has 1 aromatic rings. The number of ether oxygens (including phenoxy) is 2. The molecule has 2 aliphatic heterocycles. The Balaban J connectivity index is 1.51. The Morgan fingerprint density at radius 3 is 2.92 bits per heavy atom. The molecule has 6 nitrogen and oxygen atoms in total. The second-order valence-electron chi connectivity index (χ2n) is 6.22. The standard InChI is InChI=1S/C16H20BrF3N4O2/c1-21-15(23-11-2-3-24(7-11)8-16(18,19)20)22-6-10-4-12(17)14-13(5-10)25-9-26-14/h4-5,11H,2-3,6-9H2,1H3,(H2,21,22,23). The molecule has 1 atom stereocenters. The van der Waals surface area contributed by atoms with Gasteiger partial charge in [-0.15, -0.1) is 0 Å². The van der Waals surface area contributed by atoms with Gasteiger partial charge in [-0.05, 0) is 40.0 Å². The molecular weight excluding hydrogens is 417 g/mol. The molecule has 3 rings (SSSR count). The summed E-state index contributed by atoms with van der Waals surface area (Å²) >= 11 is 3.45. The van der Waals surface area contributed by atoms with Crippen LogP contribution in [-0.4, -0.2) is 56.6 Å². The lowest BCUT2D eigenvalue weighted by Crippen LogP contribution is -2.44. The lowest BCUT2D eigenvalue weighted by atomic mass is 10.2. The molecule has 0 amide bonds. The topological polar surface area (TPSA) is 58.1 Å². The molecule has 26 heavy (non-hydrogen) atoms. The van der Waals surface area contributed by atoms with Gasteiger partial charge >= 0.3 is 6.18 Å². The van der Waals surface area contributed by atoms with Crippen LogP contribution in [0.4, 0.5) is 13.2 Å². The molecule has 10 heteroatoms. The van der Waals surface area contributed by atoms with Crippen LogP contribution in [-0.2, 0) is 6.54 Å². The van der Waals surface area contributed by atoms with Gasteiger partial charge in [0.25, 0.3) is 0 Å². The molecule has 1 aromatic carbocycles. The Morgan fingerprint density at radius 2 is 2.19 bits per heavy atom. The number of nitrogens with one attached hydrogen (secondary N) is 2. The summed E-state index contributed by atoms with van der Waals surface area (Å²) in [4.78, 5) is 5.55. The molecule has 0 saturated carbocycles. The Bertz CT molecular complexity index is 684. The van der Waals surface area contributed by atoms with Crippen molar-refractivity contribution in [2.24, 2.45) is 4.99 Å². The van der Waals surface area contributed by atoms with E-state index in [0.29, 0.717) is 43.5 Å². The van der Waals surface area contributed by atoms with Crippen molar-refractivity contribution in [1.82, 2.24) is 15.5 Å². The predicted molar refractivity (Wildman–Crippen MR) is 94.5 cm³/mol. The van der Waals surface area contributed by atoms with Crippen molar-refractivity contribution < 1.29 is 22.6 Å². The monoisotopic (exact) mass is 436 g/mol. The van der Waals surface area contributed by atoms with Gasteiger partial charge in [0.2, 0.25) is 6.79 Å². The number of rotatable bonds is 4. The lowest BCUT2D eigenvalue weighted by molar-refractivity contribution is -0.143. The maximum absolute atomic E-state index is 12.5. The predicted octanol–water partition coefficient (Wildman–Crippen LogP) is 2.48. The van der Waals surface area contributed by atoms with Crippen LogP contribution in [0.3, 0.4) is 0 Å². The summed E-state index contributed by atoms with van der Waals surface area (Å²) < 4.78 is 49.0. The zero-order chi connectivity index (χ0) is 18.7. The van der Waals surface area contributed by atoms with Gasteiger partial charge in [0, 0.05) is 32.7 Å². The van der Waals surface area contributed by atoms with Crippen molar-refractivity contribution in [2.45, 2.75) is 25.2 Å². The normalized spacial score (nSPS) is 20.5. The highest BCUT2D eigenvalue weighted by Crippen LogP contribution is 2.39. The molecule has 0 radical (unpaired) electrons. The summed E-state index contributed by atoms with van der Waals surface area (Å²) in [5, 5.41) is 6.36. The number of guanidine groups is 1. The van der Waals surface area contributed by atoms with Gasteiger partial charge in [0.1, 0.15) is 0 Å². The number of nitrogens with zero attached hydrogens (tertiary/aromatic N) is 2. The summed E-state index contributed by atoms with van der Waals surface area (Å²) in [6, 6.07) is 3.75. The fourth-order valence-electron chi connectivity index (χ4n) is 3.04. The lowest BCUT2D eigenvalue weighted by Gasteiger charge is -2.20. The van der Waals surface area contributed by atoms with E-state index >= 15 is 0 Å². The molecule has 1 unspecified atom stereocenters. The molecule has 2 N–H and O–H groups in total. The van der Waals surface area contributed by atoms with Crippen molar-refractivity contribution in [3.8, 4) is 11.5 Å². The molecule has 144 valence electrons. The SMILES string of the molecule is CN=C(NCc1cc(Br)c2c(c1)OCO2)NC1CCN(CC(F)(F)F)C1. The van der Waals surface area contributed by atoms with Gasteiger partial charge in [-0.2, -0.15) is 13.2 Å². The second-order valence-corrected chi connectivity index (χ2v) is 7.07. The quantitative estimate of drug-likeness (QED) is 0.560. The van der Waals surface area contributed by atoms with Gasteiger partial charge in [0.05, 0.1) is 11.0 Å². The second kappa shape index (κ2) is 7.91. The van der Waals surface area contributed by atoms with Crippen LogP contribution in [0.2, 0.25) is 0 Å². The van der Waals surface area contributed by atoms with E-state index in [9.17, 15) is 13.2 Å². The Kier molecular flexibility index (Phi) is 5.81. The Labute approximate surface area is 157 Å². The van der Waals surface area contributed by atoms with Crippen molar-refractivity contribution in [3.05, 3.63) is 22.2 Å². The molecule has 2 heterocycles. The number of hydrogen-bond acceptors (Lipinski definition) is 4. The van der Waals surface area contributed by atoms with E-state index in [1.807, 2.05) is 12.1 Å². The molecule has 1 fully saturated rings. The first-order valence-corrected chi connectivity index (χ1v) is 8.97. The van der Waals surface area contributed by atoms with E-state index in [1.54, 1.807) is 7.05 Å². The first-order chi connectivity index (χ1) is 12.3. The van der Waals surface area contributed by atoms with Gasteiger partial charge < -0.3 is 20.1 Å². The highest BCUT2D eigenvalue weighted by atomic mass is 79.9. The van der Waals surface area contributed by atoms with E-state index in [1.165, 1.54) is 4.90 Å². The van der Waals surface area contributed by atoms with Crippen LogP contribution in [0.1, 0.15) is 12.0 Å². The number of benzene rings is 1. The minimum Gasteiger partial charge on any atom is -0.454 e. The number of halogens is 4. The molecular formula is C16H20BrF3N4O2. The smallest absolute Gasteiger partial charge is 0.401 e. The maximum Gasteiger partial charge on any atom is 0.401 e. The molecule has 1 saturated heterocycles. The summed E-state index contributed by atoms with van der Waals surface area (Å²) in [6.45, 7) is 0.583. The van der Waals surface area contributed by atoms with Crippen molar-refractivity contribution in [2.75, 3.05) is 33.5 Å². The van der Waals surface area contributed by atoms with Crippen LogP contribution < -0.4 is 20.1 Å². The average Bonchev–Trinajstić information content (AvgIpc) is 3.19. The first kappa shape index (κ1) is 19.1. The third kappa shape index (κ3) is 4.94. The fraction of sp³-hybridized carbons (Fsp3) is 0.562. The number of aliphatic imine (C=N–C) groups is 1. The number of alkyl halides is 3. The number of fused-ring (bicyclic) bond motifs is 1. The van der Waals surface area contributed by atoms with Gasteiger partial charge in [-0.3, -0.25) is 9.89 Å². The fourth-order valence-corrected chi connectivity index (χ4v) is 3.65. The van der Waals surface area contributed by atoms with E-state index in [4.69, 9.17) is 9.47 Å². The highest BCUT2D eigenvalue weighted by molar-refractivity contribution is 9.10. The number of hydrogen-bond donors (Lipinski definition) is 2. The van der Waals surface area contributed by atoms with Gasteiger partial charge in [0.15, 0.2) is 17.5 Å². The number of likely N-dealkylation sites (tertiary alicyclic amines) is 1. The third-order valence-corrected chi connectivity index (χ3v) is 4.78. The van der Waals surface area contributed by atoms with Crippen molar-refractivity contribution >= 4 is 21.9 Å². The molecule has 2 aliphatic rings. The molecule has 0 aliphatic carbocycles. The zero-order valence-corrected chi connectivity index (χ0v) is 15.8. The van der Waals surface area contributed by atoms with Crippen LogP contribution in [0, 0.1) is 0 Å². The van der Waals surface area contributed by atoms with E-state index in [-0.39, 0.29) is 12.8 Å². The highest BCUT2D eigenvalue weighted by Gasteiger charge is 2.34. The largest absolute Gasteiger partial charge is 0.454 e. The summed E-state index contributed by atoms with van der Waals surface area (Å²) in [5.41, 5.74) is 0.967. The van der Waals surface area contributed by atoms with Crippen molar-refractivity contribution in [3.63, 3.8) is 0 Å². The zero-order valence-electron chi connectivity index (χ0n) is 14.2.